The third-order valence-corrected chi connectivity index (χ3v) is 2.52. The molecule has 18 heavy (non-hydrogen) atoms. The molecule has 0 bridgehead atoms. The van der Waals surface area contributed by atoms with Crippen LogP contribution in [0.2, 0.25) is 0 Å². The number of carbonyl (C=O) groups is 1. The average molecular weight is 252 g/mol. The zero-order valence-electron chi connectivity index (χ0n) is 9.25. The van der Waals surface area contributed by atoms with E-state index in [-0.39, 0.29) is 17.7 Å². The molecule has 0 unspecified atom stereocenters. The van der Waals surface area contributed by atoms with Gasteiger partial charge in [-0.1, -0.05) is 6.07 Å². The highest BCUT2D eigenvalue weighted by Gasteiger charge is 2.16. The number of aromatic nitrogens is 2. The summed E-state index contributed by atoms with van der Waals surface area (Å²) in [4.78, 5) is 10.7. The number of rotatable bonds is 4. The summed E-state index contributed by atoms with van der Waals surface area (Å²) in [6.07, 6.45) is 0.489. The van der Waals surface area contributed by atoms with E-state index in [4.69, 9.17) is 5.11 Å². The first-order chi connectivity index (χ1) is 8.58. The van der Waals surface area contributed by atoms with Gasteiger partial charge in [-0.25, -0.2) is 13.6 Å². The number of carboxylic acids is 1. The fourth-order valence-electron chi connectivity index (χ4n) is 1.64. The first-order valence-corrected chi connectivity index (χ1v) is 5.19. The number of aromatic carboxylic acids is 1. The van der Waals surface area contributed by atoms with E-state index in [1.54, 1.807) is 18.5 Å². The maximum atomic E-state index is 12.9. The topological polar surface area (TPSA) is 55.1 Å². The second-order valence-corrected chi connectivity index (χ2v) is 3.72. The maximum Gasteiger partial charge on any atom is 0.335 e. The van der Waals surface area contributed by atoms with Crippen LogP contribution in [0.3, 0.4) is 0 Å². The van der Waals surface area contributed by atoms with Crippen molar-refractivity contribution < 1.29 is 18.7 Å². The van der Waals surface area contributed by atoms with Gasteiger partial charge >= 0.3 is 5.97 Å². The summed E-state index contributed by atoms with van der Waals surface area (Å²) in [6.45, 7) is 0.187. The van der Waals surface area contributed by atoms with Gasteiger partial charge in [0.25, 0.3) is 6.43 Å². The molecule has 94 valence electrons. The monoisotopic (exact) mass is 252 g/mol. The van der Waals surface area contributed by atoms with E-state index in [1.807, 2.05) is 0 Å². The predicted octanol–water partition coefficient (Wildman–Crippen LogP) is 2.57. The van der Waals surface area contributed by atoms with Crippen LogP contribution in [0, 0.1) is 0 Å². The van der Waals surface area contributed by atoms with Gasteiger partial charge in [-0.2, -0.15) is 5.10 Å². The van der Waals surface area contributed by atoms with Crippen LogP contribution in [0.5, 0.6) is 0 Å². The molecule has 0 radical (unpaired) electrons. The van der Waals surface area contributed by atoms with Gasteiger partial charge in [-0.15, -0.1) is 0 Å². The number of carboxylic acid groups (broad SMARTS) is 1. The van der Waals surface area contributed by atoms with E-state index >= 15 is 0 Å². The largest absolute Gasteiger partial charge is 0.478 e. The Morgan fingerprint density at radius 3 is 2.78 bits per heavy atom. The van der Waals surface area contributed by atoms with Gasteiger partial charge in [0.2, 0.25) is 0 Å². The van der Waals surface area contributed by atoms with Crippen molar-refractivity contribution in [2.75, 3.05) is 0 Å². The molecule has 4 nitrogen and oxygen atoms in total. The second-order valence-electron chi connectivity index (χ2n) is 3.72. The summed E-state index contributed by atoms with van der Waals surface area (Å²) in [5.74, 6) is -1.22. The molecule has 0 fully saturated rings. The number of alkyl halides is 2. The molecule has 1 aromatic heterocycles. The Balaban J connectivity index is 2.37. The van der Waals surface area contributed by atoms with Crippen LogP contribution in [0.4, 0.5) is 8.78 Å². The van der Waals surface area contributed by atoms with E-state index in [9.17, 15) is 13.6 Å². The molecule has 0 aliphatic rings. The quantitative estimate of drug-likeness (QED) is 0.909. The fraction of sp³-hybridized carbons (Fsp3) is 0.167. The Labute approximate surface area is 101 Å². The minimum absolute atomic E-state index is 0.144. The summed E-state index contributed by atoms with van der Waals surface area (Å²) in [5, 5.41) is 12.7. The third-order valence-electron chi connectivity index (χ3n) is 2.52. The van der Waals surface area contributed by atoms with Crippen molar-refractivity contribution >= 4 is 5.97 Å². The Morgan fingerprint density at radius 2 is 2.22 bits per heavy atom. The highest BCUT2D eigenvalue weighted by Crippen LogP contribution is 2.25. The van der Waals surface area contributed by atoms with Gasteiger partial charge in [0, 0.05) is 18.0 Å². The molecule has 0 saturated carbocycles. The standard InChI is InChI=1S/C12H10F2N2O2/c13-11(14)10-6-8(12(17)18)2-3-9(10)7-16-5-1-4-15-16/h1-6,11H,7H2,(H,17,18). The molecular weight excluding hydrogens is 242 g/mol. The number of hydrogen-bond acceptors (Lipinski definition) is 2. The number of halogens is 2. The van der Waals surface area contributed by atoms with E-state index < -0.39 is 12.4 Å². The van der Waals surface area contributed by atoms with Crippen molar-refractivity contribution in [2.45, 2.75) is 13.0 Å². The SMILES string of the molecule is O=C(O)c1ccc(Cn2cccn2)c(C(F)F)c1. The zero-order chi connectivity index (χ0) is 13.1. The van der Waals surface area contributed by atoms with Gasteiger partial charge in [0.15, 0.2) is 0 Å². The molecule has 0 aliphatic heterocycles. The van der Waals surface area contributed by atoms with Crippen LogP contribution >= 0.6 is 0 Å². The van der Waals surface area contributed by atoms with Crippen molar-refractivity contribution in [3.8, 4) is 0 Å². The Morgan fingerprint density at radius 1 is 1.44 bits per heavy atom. The summed E-state index contributed by atoms with van der Waals surface area (Å²) < 4.78 is 27.3. The van der Waals surface area contributed by atoms with Gasteiger partial charge in [-0.3, -0.25) is 4.68 Å². The summed E-state index contributed by atoms with van der Waals surface area (Å²) in [7, 11) is 0. The lowest BCUT2D eigenvalue weighted by Crippen LogP contribution is -2.06. The third kappa shape index (κ3) is 2.53. The second kappa shape index (κ2) is 4.95. The van der Waals surface area contributed by atoms with Crippen molar-refractivity contribution in [2.24, 2.45) is 0 Å². The molecule has 0 amide bonds. The number of benzene rings is 1. The van der Waals surface area contributed by atoms with E-state index in [2.05, 4.69) is 5.10 Å². The average Bonchev–Trinajstić information content (AvgIpc) is 2.81. The Kier molecular flexibility index (Phi) is 3.36. The van der Waals surface area contributed by atoms with Crippen LogP contribution in [0.15, 0.2) is 36.7 Å². The van der Waals surface area contributed by atoms with Gasteiger partial charge in [-0.05, 0) is 23.8 Å². The van der Waals surface area contributed by atoms with Crippen molar-refractivity contribution in [1.82, 2.24) is 9.78 Å². The highest BCUT2D eigenvalue weighted by atomic mass is 19.3. The molecule has 1 aromatic carbocycles. The van der Waals surface area contributed by atoms with Crippen LogP contribution in [0.1, 0.15) is 27.9 Å². The van der Waals surface area contributed by atoms with Crippen molar-refractivity contribution in [3.63, 3.8) is 0 Å². The van der Waals surface area contributed by atoms with Gasteiger partial charge in [0.05, 0.1) is 12.1 Å². The van der Waals surface area contributed by atoms with Crippen LogP contribution in [-0.4, -0.2) is 20.9 Å². The van der Waals surface area contributed by atoms with Crippen molar-refractivity contribution in [3.05, 3.63) is 53.3 Å². The lowest BCUT2D eigenvalue weighted by atomic mass is 10.0. The van der Waals surface area contributed by atoms with E-state index in [1.165, 1.54) is 16.8 Å². The zero-order valence-corrected chi connectivity index (χ0v) is 9.25. The van der Waals surface area contributed by atoms with Crippen LogP contribution in [-0.2, 0) is 6.54 Å². The fourth-order valence-corrected chi connectivity index (χ4v) is 1.64. The molecule has 0 spiro atoms. The molecule has 2 aromatic rings. The minimum atomic E-state index is -2.71. The van der Waals surface area contributed by atoms with E-state index in [0.717, 1.165) is 6.07 Å². The molecule has 0 atom stereocenters. The molecule has 0 aliphatic carbocycles. The first-order valence-electron chi connectivity index (χ1n) is 5.19. The highest BCUT2D eigenvalue weighted by molar-refractivity contribution is 5.87. The lowest BCUT2D eigenvalue weighted by molar-refractivity contribution is 0.0696. The predicted molar refractivity (Wildman–Crippen MR) is 59.7 cm³/mol. The number of nitrogens with zero attached hydrogens (tertiary/aromatic N) is 2. The molecular formula is C12H10F2N2O2. The van der Waals surface area contributed by atoms with Crippen LogP contribution < -0.4 is 0 Å². The molecule has 1 heterocycles. The Hall–Kier alpha value is -2.24. The van der Waals surface area contributed by atoms with E-state index in [0.29, 0.717) is 5.56 Å². The van der Waals surface area contributed by atoms with Crippen molar-refractivity contribution in [1.29, 1.82) is 0 Å². The first kappa shape index (κ1) is 12.2. The molecule has 2 rings (SSSR count). The molecule has 1 N–H and O–H groups in total. The van der Waals surface area contributed by atoms with Crippen LogP contribution in [0.25, 0.3) is 0 Å². The normalized spacial score (nSPS) is 10.8. The lowest BCUT2D eigenvalue weighted by Gasteiger charge is -2.10. The summed E-state index contributed by atoms with van der Waals surface area (Å²) >= 11 is 0. The Bertz CT molecular complexity index is 553. The van der Waals surface area contributed by atoms with Gasteiger partial charge < -0.3 is 5.11 Å². The smallest absolute Gasteiger partial charge is 0.335 e. The molecule has 6 heteroatoms. The summed E-state index contributed by atoms with van der Waals surface area (Å²) in [5.41, 5.74) is -0.0568. The molecule has 0 saturated heterocycles. The maximum absolute atomic E-state index is 12.9. The number of hydrogen-bond donors (Lipinski definition) is 1. The summed E-state index contributed by atoms with van der Waals surface area (Å²) in [6, 6.07) is 5.40. The van der Waals surface area contributed by atoms with Gasteiger partial charge in [0.1, 0.15) is 0 Å². The minimum Gasteiger partial charge on any atom is -0.478 e.